The first-order valence-corrected chi connectivity index (χ1v) is 9.63. The summed E-state index contributed by atoms with van der Waals surface area (Å²) in [5, 5.41) is 24.0. The van der Waals surface area contributed by atoms with E-state index in [1.807, 2.05) is 24.0 Å². The molecular weight excluding hydrogens is 419 g/mol. The summed E-state index contributed by atoms with van der Waals surface area (Å²) >= 11 is 0. The Morgan fingerprint density at radius 1 is 1.23 bits per heavy atom. The SMILES string of the molecule is Cc1cc(N2CCC(Cn3cc(CCC(=O)O)nn3)CC2)ccn1.O=C(O)C(F)(F)F. The molecule has 3 heterocycles. The van der Waals surface area contributed by atoms with Crippen LogP contribution in [0, 0.1) is 12.8 Å². The van der Waals surface area contributed by atoms with Gasteiger partial charge in [0.15, 0.2) is 0 Å². The molecule has 0 unspecified atom stereocenters. The minimum absolute atomic E-state index is 0.0996. The molecule has 1 saturated heterocycles. The number of carboxylic acid groups (broad SMARTS) is 2. The molecule has 12 heteroatoms. The van der Waals surface area contributed by atoms with Crippen molar-refractivity contribution in [2.75, 3.05) is 18.0 Å². The van der Waals surface area contributed by atoms with Crippen LogP contribution in [0.4, 0.5) is 18.9 Å². The zero-order chi connectivity index (χ0) is 23.0. The van der Waals surface area contributed by atoms with Gasteiger partial charge in [0.1, 0.15) is 0 Å². The van der Waals surface area contributed by atoms with E-state index in [0.29, 0.717) is 12.3 Å². The number of hydrogen-bond donors (Lipinski definition) is 2. The van der Waals surface area contributed by atoms with Crippen molar-refractivity contribution < 1.29 is 33.0 Å². The van der Waals surface area contributed by atoms with E-state index in [4.69, 9.17) is 15.0 Å². The second-order valence-corrected chi connectivity index (χ2v) is 7.21. The molecule has 0 spiro atoms. The summed E-state index contributed by atoms with van der Waals surface area (Å²) in [6.07, 6.45) is 1.43. The van der Waals surface area contributed by atoms with Crippen LogP contribution in [0.5, 0.6) is 0 Å². The van der Waals surface area contributed by atoms with E-state index in [1.165, 1.54) is 5.69 Å². The van der Waals surface area contributed by atoms with Crippen LogP contribution in [0.25, 0.3) is 0 Å². The fraction of sp³-hybridized carbons (Fsp3) is 0.526. The number of aliphatic carboxylic acids is 2. The quantitative estimate of drug-likeness (QED) is 0.699. The van der Waals surface area contributed by atoms with Gasteiger partial charge in [0.05, 0.1) is 12.1 Å². The maximum absolute atomic E-state index is 10.6. The molecule has 9 nitrogen and oxygen atoms in total. The number of piperidine rings is 1. The second kappa shape index (κ2) is 10.7. The maximum atomic E-state index is 10.6. The lowest BCUT2D eigenvalue weighted by Crippen LogP contribution is -2.35. The van der Waals surface area contributed by atoms with E-state index in [1.54, 1.807) is 0 Å². The zero-order valence-electron chi connectivity index (χ0n) is 16.9. The predicted molar refractivity (Wildman–Crippen MR) is 104 cm³/mol. The third-order valence-electron chi connectivity index (χ3n) is 4.73. The van der Waals surface area contributed by atoms with Crippen LogP contribution >= 0.6 is 0 Å². The average Bonchev–Trinajstić information content (AvgIpc) is 3.14. The van der Waals surface area contributed by atoms with Crippen LogP contribution < -0.4 is 4.90 Å². The van der Waals surface area contributed by atoms with Crippen LogP contribution in [-0.2, 0) is 22.6 Å². The van der Waals surface area contributed by atoms with Crippen molar-refractivity contribution in [3.63, 3.8) is 0 Å². The Labute approximate surface area is 176 Å². The van der Waals surface area contributed by atoms with E-state index < -0.39 is 18.1 Å². The highest BCUT2D eigenvalue weighted by atomic mass is 19.4. The van der Waals surface area contributed by atoms with Crippen molar-refractivity contribution >= 4 is 17.6 Å². The molecule has 0 bridgehead atoms. The third kappa shape index (κ3) is 8.22. The van der Waals surface area contributed by atoms with Crippen molar-refractivity contribution in [1.82, 2.24) is 20.0 Å². The second-order valence-electron chi connectivity index (χ2n) is 7.21. The molecule has 170 valence electrons. The number of pyridine rings is 1. The molecular formula is C19H24F3N5O4. The molecule has 2 N–H and O–H groups in total. The minimum Gasteiger partial charge on any atom is -0.481 e. The lowest BCUT2D eigenvalue weighted by Gasteiger charge is -2.33. The smallest absolute Gasteiger partial charge is 0.481 e. The van der Waals surface area contributed by atoms with Gasteiger partial charge >= 0.3 is 18.1 Å². The largest absolute Gasteiger partial charge is 0.490 e. The van der Waals surface area contributed by atoms with Gasteiger partial charge in [0.2, 0.25) is 0 Å². The number of aryl methyl sites for hydroxylation is 2. The van der Waals surface area contributed by atoms with Gasteiger partial charge in [-0.25, -0.2) is 4.79 Å². The summed E-state index contributed by atoms with van der Waals surface area (Å²) < 4.78 is 33.6. The summed E-state index contributed by atoms with van der Waals surface area (Å²) in [6.45, 7) is 4.94. The van der Waals surface area contributed by atoms with Crippen molar-refractivity contribution in [2.24, 2.45) is 5.92 Å². The average molecular weight is 443 g/mol. The van der Waals surface area contributed by atoms with Gasteiger partial charge in [-0.1, -0.05) is 5.21 Å². The van der Waals surface area contributed by atoms with Gasteiger partial charge in [-0.2, -0.15) is 13.2 Å². The monoisotopic (exact) mass is 443 g/mol. The number of nitrogens with zero attached hydrogens (tertiary/aromatic N) is 5. The fourth-order valence-corrected chi connectivity index (χ4v) is 3.14. The third-order valence-corrected chi connectivity index (χ3v) is 4.73. The molecule has 0 atom stereocenters. The van der Waals surface area contributed by atoms with Crippen LogP contribution in [0.3, 0.4) is 0 Å². The van der Waals surface area contributed by atoms with Gasteiger partial charge in [-0.05, 0) is 37.8 Å². The Morgan fingerprint density at radius 3 is 2.42 bits per heavy atom. The summed E-state index contributed by atoms with van der Waals surface area (Å²) in [6, 6.07) is 4.20. The number of alkyl halides is 3. The number of anilines is 1. The predicted octanol–water partition coefficient (Wildman–Crippen LogP) is 2.55. The topological polar surface area (TPSA) is 121 Å². The van der Waals surface area contributed by atoms with E-state index in [-0.39, 0.29) is 6.42 Å². The molecule has 1 aliphatic heterocycles. The van der Waals surface area contributed by atoms with Crippen molar-refractivity contribution in [3.05, 3.63) is 35.9 Å². The number of carbonyl (C=O) groups is 2. The number of rotatable bonds is 6. The number of halogens is 3. The Morgan fingerprint density at radius 2 is 1.87 bits per heavy atom. The molecule has 0 radical (unpaired) electrons. The minimum atomic E-state index is -5.08. The summed E-state index contributed by atoms with van der Waals surface area (Å²) in [5.41, 5.74) is 3.05. The van der Waals surface area contributed by atoms with Gasteiger partial charge in [-0.15, -0.1) is 5.10 Å². The van der Waals surface area contributed by atoms with Crippen LogP contribution in [-0.4, -0.2) is 61.4 Å². The van der Waals surface area contributed by atoms with Gasteiger partial charge in [-0.3, -0.25) is 14.5 Å². The summed E-state index contributed by atoms with van der Waals surface area (Å²) in [4.78, 5) is 26.2. The zero-order valence-corrected chi connectivity index (χ0v) is 16.9. The van der Waals surface area contributed by atoms with Gasteiger partial charge < -0.3 is 15.1 Å². The molecule has 1 aliphatic rings. The van der Waals surface area contributed by atoms with Crippen LogP contribution in [0.15, 0.2) is 24.5 Å². The van der Waals surface area contributed by atoms with Gasteiger partial charge in [0, 0.05) is 49.8 Å². The van der Waals surface area contributed by atoms with Crippen LogP contribution in [0.2, 0.25) is 0 Å². The molecule has 1 fully saturated rings. The van der Waals surface area contributed by atoms with E-state index >= 15 is 0 Å². The molecule has 31 heavy (non-hydrogen) atoms. The molecule has 0 aliphatic carbocycles. The summed E-state index contributed by atoms with van der Waals surface area (Å²) in [7, 11) is 0. The first-order chi connectivity index (χ1) is 14.5. The van der Waals surface area contributed by atoms with E-state index in [0.717, 1.165) is 43.9 Å². The Balaban J connectivity index is 0.000000423. The lowest BCUT2D eigenvalue weighted by atomic mass is 9.96. The Kier molecular flexibility index (Phi) is 8.34. The van der Waals surface area contributed by atoms with Crippen LogP contribution in [0.1, 0.15) is 30.7 Å². The standard InChI is InChI=1S/C17H23N5O2.C2HF3O2/c1-13-10-16(4-7-18-13)21-8-5-14(6-9-21)11-22-12-15(19-20-22)2-3-17(23)24;3-2(4,5)1(6)7/h4,7,10,12,14H,2-3,5-6,8-9,11H2,1H3,(H,23,24);(H,6,7). The Bertz CT molecular complexity index is 879. The molecule has 3 rings (SSSR count). The molecule has 2 aromatic rings. The lowest BCUT2D eigenvalue weighted by molar-refractivity contribution is -0.192. The Hall–Kier alpha value is -3.18. The highest BCUT2D eigenvalue weighted by molar-refractivity contribution is 5.73. The van der Waals surface area contributed by atoms with Crippen molar-refractivity contribution in [2.45, 2.75) is 45.3 Å². The molecule has 0 saturated carbocycles. The van der Waals surface area contributed by atoms with Crippen molar-refractivity contribution in [3.8, 4) is 0 Å². The first kappa shape index (κ1) is 24.1. The van der Waals surface area contributed by atoms with Crippen molar-refractivity contribution in [1.29, 1.82) is 0 Å². The number of aromatic nitrogens is 4. The van der Waals surface area contributed by atoms with E-state index in [9.17, 15) is 18.0 Å². The highest BCUT2D eigenvalue weighted by Gasteiger charge is 2.38. The maximum Gasteiger partial charge on any atom is 0.490 e. The number of carboxylic acids is 2. The highest BCUT2D eigenvalue weighted by Crippen LogP contribution is 2.24. The molecule has 0 amide bonds. The fourth-order valence-electron chi connectivity index (χ4n) is 3.14. The van der Waals surface area contributed by atoms with E-state index in [2.05, 4.69) is 32.3 Å². The first-order valence-electron chi connectivity index (χ1n) is 9.63. The normalized spacial score (nSPS) is 14.6. The molecule has 2 aromatic heterocycles. The number of hydrogen-bond acceptors (Lipinski definition) is 6. The summed E-state index contributed by atoms with van der Waals surface area (Å²) in [5.74, 6) is -2.98. The molecule has 0 aromatic carbocycles. The van der Waals surface area contributed by atoms with Gasteiger partial charge in [0.25, 0.3) is 0 Å².